The molecule has 1 amide bonds. The maximum atomic E-state index is 13.2. The Bertz CT molecular complexity index is 456. The Kier molecular flexibility index (Phi) is 4.92. The zero-order valence-electron chi connectivity index (χ0n) is 9.41. The van der Waals surface area contributed by atoms with Crippen molar-refractivity contribution in [1.82, 2.24) is 4.90 Å². The van der Waals surface area contributed by atoms with Crippen LogP contribution >= 0.6 is 11.6 Å². The van der Waals surface area contributed by atoms with Gasteiger partial charge in [-0.1, -0.05) is 17.7 Å². The van der Waals surface area contributed by atoms with E-state index >= 15 is 0 Å². The van der Waals surface area contributed by atoms with Crippen LogP contribution in [-0.2, 0) is 0 Å². The molecule has 5 heteroatoms. The molecule has 0 unspecified atom stereocenters. The first-order chi connectivity index (χ1) is 8.11. The molecule has 0 saturated heterocycles. The van der Waals surface area contributed by atoms with E-state index < -0.39 is 5.82 Å². The van der Waals surface area contributed by atoms with Crippen molar-refractivity contribution in [2.24, 2.45) is 0 Å². The van der Waals surface area contributed by atoms with E-state index in [1.165, 1.54) is 23.1 Å². The zero-order chi connectivity index (χ0) is 12.8. The second-order valence-corrected chi connectivity index (χ2v) is 3.77. The molecule has 1 rings (SSSR count). The topological polar surface area (TPSA) is 44.1 Å². The Labute approximate surface area is 104 Å². The van der Waals surface area contributed by atoms with Crippen LogP contribution in [0.25, 0.3) is 0 Å². The van der Waals surface area contributed by atoms with Crippen LogP contribution in [0.2, 0.25) is 5.02 Å². The monoisotopic (exact) mass is 254 g/mol. The summed E-state index contributed by atoms with van der Waals surface area (Å²) in [4.78, 5) is 13.5. The molecule has 0 aliphatic rings. The SMILES string of the molecule is CCN(CCC#N)C(=O)c1cccc(F)c1Cl. The molecule has 3 nitrogen and oxygen atoms in total. The van der Waals surface area contributed by atoms with Gasteiger partial charge in [-0.05, 0) is 19.1 Å². The average molecular weight is 255 g/mol. The molecule has 17 heavy (non-hydrogen) atoms. The second kappa shape index (κ2) is 6.21. The maximum Gasteiger partial charge on any atom is 0.255 e. The first kappa shape index (κ1) is 13.5. The van der Waals surface area contributed by atoms with Gasteiger partial charge in [0.2, 0.25) is 0 Å². The normalized spacial score (nSPS) is 9.76. The van der Waals surface area contributed by atoms with Gasteiger partial charge >= 0.3 is 0 Å². The predicted octanol–water partition coefficient (Wildman–Crippen LogP) is 2.85. The van der Waals surface area contributed by atoms with Crippen molar-refractivity contribution < 1.29 is 9.18 Å². The molecule has 0 fully saturated rings. The summed E-state index contributed by atoms with van der Waals surface area (Å²) in [6.45, 7) is 2.56. The molecule has 0 spiro atoms. The third-order valence-electron chi connectivity index (χ3n) is 2.34. The van der Waals surface area contributed by atoms with Crippen LogP contribution in [0, 0.1) is 17.1 Å². The van der Waals surface area contributed by atoms with Crippen LogP contribution in [0.4, 0.5) is 4.39 Å². The molecule has 0 atom stereocenters. The molecule has 1 aromatic rings. The number of carbonyl (C=O) groups is 1. The smallest absolute Gasteiger partial charge is 0.255 e. The Hall–Kier alpha value is -1.60. The van der Waals surface area contributed by atoms with Gasteiger partial charge in [-0.25, -0.2) is 4.39 Å². The van der Waals surface area contributed by atoms with E-state index in [4.69, 9.17) is 16.9 Å². The van der Waals surface area contributed by atoms with Crippen LogP contribution in [-0.4, -0.2) is 23.9 Å². The van der Waals surface area contributed by atoms with Crippen molar-refractivity contribution >= 4 is 17.5 Å². The van der Waals surface area contributed by atoms with Gasteiger partial charge in [0.25, 0.3) is 5.91 Å². The number of halogens is 2. The third-order valence-corrected chi connectivity index (χ3v) is 2.73. The van der Waals surface area contributed by atoms with Gasteiger partial charge in [-0.15, -0.1) is 0 Å². The Morgan fingerprint density at radius 2 is 2.29 bits per heavy atom. The molecular weight excluding hydrogens is 243 g/mol. The highest BCUT2D eigenvalue weighted by Gasteiger charge is 2.18. The lowest BCUT2D eigenvalue weighted by Crippen LogP contribution is -2.31. The number of amides is 1. The average Bonchev–Trinajstić information content (AvgIpc) is 2.33. The lowest BCUT2D eigenvalue weighted by atomic mass is 10.2. The molecule has 0 aliphatic carbocycles. The summed E-state index contributed by atoms with van der Waals surface area (Å²) in [6, 6.07) is 6.08. The first-order valence-electron chi connectivity index (χ1n) is 5.22. The quantitative estimate of drug-likeness (QED) is 0.829. The standard InChI is InChI=1S/C12H12ClFN2O/c1-2-16(8-4-7-15)12(17)9-5-3-6-10(14)11(9)13/h3,5-6H,2,4,8H2,1H3. The Morgan fingerprint density at radius 1 is 1.59 bits per heavy atom. The summed E-state index contributed by atoms with van der Waals surface area (Å²) < 4.78 is 13.2. The van der Waals surface area contributed by atoms with Crippen molar-refractivity contribution in [3.63, 3.8) is 0 Å². The molecule has 0 saturated carbocycles. The highest BCUT2D eigenvalue weighted by molar-refractivity contribution is 6.34. The first-order valence-corrected chi connectivity index (χ1v) is 5.59. The summed E-state index contributed by atoms with van der Waals surface area (Å²) in [7, 11) is 0. The van der Waals surface area contributed by atoms with Crippen LogP contribution < -0.4 is 0 Å². The summed E-state index contributed by atoms with van der Waals surface area (Å²) in [6.07, 6.45) is 0.243. The molecular formula is C12H12ClFN2O. The number of hydrogen-bond donors (Lipinski definition) is 0. The summed E-state index contributed by atoms with van der Waals surface area (Å²) >= 11 is 5.74. The summed E-state index contributed by atoms with van der Waals surface area (Å²) in [5.74, 6) is -0.971. The van der Waals surface area contributed by atoms with E-state index in [2.05, 4.69) is 0 Å². The van der Waals surface area contributed by atoms with Crippen LogP contribution in [0.3, 0.4) is 0 Å². The molecule has 0 aliphatic heterocycles. The van der Waals surface area contributed by atoms with Crippen molar-refractivity contribution in [1.29, 1.82) is 5.26 Å². The van der Waals surface area contributed by atoms with E-state index in [0.717, 1.165) is 0 Å². The fourth-order valence-electron chi connectivity index (χ4n) is 1.43. The molecule has 0 radical (unpaired) electrons. The van der Waals surface area contributed by atoms with E-state index in [0.29, 0.717) is 13.1 Å². The lowest BCUT2D eigenvalue weighted by molar-refractivity contribution is 0.0767. The largest absolute Gasteiger partial charge is 0.338 e. The Morgan fingerprint density at radius 3 is 2.88 bits per heavy atom. The fraction of sp³-hybridized carbons (Fsp3) is 0.333. The fourth-order valence-corrected chi connectivity index (χ4v) is 1.63. The summed E-state index contributed by atoms with van der Waals surface area (Å²) in [5, 5.41) is 8.31. The Balaban J connectivity index is 2.94. The number of nitrogens with zero attached hydrogens (tertiary/aromatic N) is 2. The van der Waals surface area contributed by atoms with Gasteiger partial charge in [0.15, 0.2) is 0 Å². The molecule has 1 aromatic carbocycles. The van der Waals surface area contributed by atoms with Gasteiger partial charge < -0.3 is 4.90 Å². The van der Waals surface area contributed by atoms with Crippen LogP contribution in [0.15, 0.2) is 18.2 Å². The number of rotatable bonds is 4. The minimum Gasteiger partial charge on any atom is -0.338 e. The maximum absolute atomic E-state index is 13.2. The predicted molar refractivity (Wildman–Crippen MR) is 63.2 cm³/mol. The van der Waals surface area contributed by atoms with Gasteiger partial charge in [0.1, 0.15) is 5.82 Å². The van der Waals surface area contributed by atoms with Crippen LogP contribution in [0.5, 0.6) is 0 Å². The minimum atomic E-state index is -0.617. The van der Waals surface area contributed by atoms with Gasteiger partial charge in [-0.3, -0.25) is 4.79 Å². The van der Waals surface area contributed by atoms with Crippen molar-refractivity contribution in [2.75, 3.05) is 13.1 Å². The van der Waals surface area contributed by atoms with Crippen molar-refractivity contribution in [3.05, 3.63) is 34.6 Å². The lowest BCUT2D eigenvalue weighted by Gasteiger charge is -2.20. The zero-order valence-corrected chi connectivity index (χ0v) is 10.2. The highest BCUT2D eigenvalue weighted by atomic mass is 35.5. The van der Waals surface area contributed by atoms with Crippen LogP contribution in [0.1, 0.15) is 23.7 Å². The number of benzene rings is 1. The van der Waals surface area contributed by atoms with Gasteiger partial charge in [0, 0.05) is 13.1 Å². The van der Waals surface area contributed by atoms with Crippen molar-refractivity contribution in [3.8, 4) is 6.07 Å². The number of nitriles is 1. The van der Waals surface area contributed by atoms with E-state index in [-0.39, 0.29) is 22.9 Å². The van der Waals surface area contributed by atoms with Gasteiger partial charge in [-0.2, -0.15) is 5.26 Å². The minimum absolute atomic E-state index is 0.131. The van der Waals surface area contributed by atoms with E-state index in [1.807, 2.05) is 6.07 Å². The molecule has 0 N–H and O–H groups in total. The molecule has 90 valence electrons. The molecule has 0 heterocycles. The number of carbonyl (C=O) groups excluding carboxylic acids is 1. The van der Waals surface area contributed by atoms with E-state index in [9.17, 15) is 9.18 Å². The second-order valence-electron chi connectivity index (χ2n) is 3.39. The van der Waals surface area contributed by atoms with E-state index in [1.54, 1.807) is 6.92 Å². The molecule has 0 bridgehead atoms. The number of hydrogen-bond acceptors (Lipinski definition) is 2. The van der Waals surface area contributed by atoms with Gasteiger partial charge in [0.05, 0.1) is 23.1 Å². The third kappa shape index (κ3) is 3.18. The molecule has 0 aromatic heterocycles. The summed E-state index contributed by atoms with van der Waals surface area (Å²) in [5.41, 5.74) is 0.131. The van der Waals surface area contributed by atoms with Crippen molar-refractivity contribution in [2.45, 2.75) is 13.3 Å². The highest BCUT2D eigenvalue weighted by Crippen LogP contribution is 2.21.